The number of aryl methyl sites for hydroxylation is 3. The van der Waals surface area contributed by atoms with E-state index in [4.69, 9.17) is 0 Å². The molecule has 2 aromatic rings. The maximum atomic E-state index is 12.8. The van der Waals surface area contributed by atoms with E-state index in [1.54, 1.807) is 16.8 Å². The van der Waals surface area contributed by atoms with Gasteiger partial charge in [-0.25, -0.2) is 13.1 Å². The molecule has 156 valence electrons. The van der Waals surface area contributed by atoms with Crippen molar-refractivity contribution in [3.05, 3.63) is 46.8 Å². The molecule has 0 saturated heterocycles. The highest BCUT2D eigenvalue weighted by Crippen LogP contribution is 2.33. The summed E-state index contributed by atoms with van der Waals surface area (Å²) in [5.41, 5.74) is 3.82. The zero-order chi connectivity index (χ0) is 20.6. The zero-order valence-electron chi connectivity index (χ0n) is 16.9. The summed E-state index contributed by atoms with van der Waals surface area (Å²) in [6.07, 6.45) is 5.54. The Bertz CT molecular complexity index is 1020. The van der Waals surface area contributed by atoms with Crippen LogP contribution in [0.15, 0.2) is 29.2 Å². The van der Waals surface area contributed by atoms with Gasteiger partial charge < -0.3 is 5.32 Å². The van der Waals surface area contributed by atoms with Gasteiger partial charge in [-0.2, -0.15) is 5.10 Å². The summed E-state index contributed by atoms with van der Waals surface area (Å²) < 4.78 is 30.1. The van der Waals surface area contributed by atoms with Crippen molar-refractivity contribution in [3.8, 4) is 0 Å². The topological polar surface area (TPSA) is 93.1 Å². The second-order valence-corrected chi connectivity index (χ2v) is 9.92. The van der Waals surface area contributed by atoms with E-state index in [9.17, 15) is 13.2 Å². The summed E-state index contributed by atoms with van der Waals surface area (Å²) in [6.45, 7) is 3.98. The Balaban J connectivity index is 1.48. The van der Waals surface area contributed by atoms with Crippen LogP contribution in [0.5, 0.6) is 0 Å². The molecule has 2 N–H and O–H groups in total. The third-order valence-electron chi connectivity index (χ3n) is 5.91. The highest BCUT2D eigenvalue weighted by atomic mass is 32.2. The van der Waals surface area contributed by atoms with Crippen LogP contribution in [0.3, 0.4) is 0 Å². The summed E-state index contributed by atoms with van der Waals surface area (Å²) in [5, 5.41) is 7.39. The van der Waals surface area contributed by atoms with Gasteiger partial charge in [0, 0.05) is 11.7 Å². The van der Waals surface area contributed by atoms with Crippen LogP contribution in [0.4, 0.5) is 0 Å². The van der Waals surface area contributed by atoms with Crippen molar-refractivity contribution in [2.75, 3.05) is 0 Å². The van der Waals surface area contributed by atoms with E-state index >= 15 is 0 Å². The molecule has 1 atom stereocenters. The second-order valence-electron chi connectivity index (χ2n) is 8.21. The van der Waals surface area contributed by atoms with Gasteiger partial charge in [0.2, 0.25) is 15.9 Å². The molecule has 0 radical (unpaired) electrons. The summed E-state index contributed by atoms with van der Waals surface area (Å²) >= 11 is 0. The minimum atomic E-state index is -3.55. The van der Waals surface area contributed by atoms with E-state index in [1.165, 1.54) is 0 Å². The number of nitrogens with one attached hydrogen (secondary N) is 2. The van der Waals surface area contributed by atoms with Gasteiger partial charge in [0.05, 0.1) is 16.6 Å². The molecule has 1 amide bonds. The number of aromatic nitrogens is 2. The first-order valence-electron chi connectivity index (χ1n) is 10.3. The van der Waals surface area contributed by atoms with Gasteiger partial charge in [0.15, 0.2) is 0 Å². The van der Waals surface area contributed by atoms with Crippen molar-refractivity contribution in [2.45, 2.75) is 75.9 Å². The Hall–Kier alpha value is -2.19. The maximum absolute atomic E-state index is 12.8. The van der Waals surface area contributed by atoms with Crippen LogP contribution in [0.2, 0.25) is 0 Å². The lowest BCUT2D eigenvalue weighted by molar-refractivity contribution is -0.122. The number of benzene rings is 1. The molecule has 1 unspecified atom stereocenters. The second kappa shape index (κ2) is 7.91. The van der Waals surface area contributed by atoms with Crippen LogP contribution in [-0.4, -0.2) is 30.1 Å². The summed E-state index contributed by atoms with van der Waals surface area (Å²) in [6, 6.07) is 7.09. The van der Waals surface area contributed by atoms with Gasteiger partial charge in [-0.05, 0) is 68.9 Å². The predicted octanol–water partition coefficient (Wildman–Crippen LogP) is 2.52. The molecule has 8 heteroatoms. The van der Waals surface area contributed by atoms with E-state index in [2.05, 4.69) is 15.1 Å². The summed E-state index contributed by atoms with van der Waals surface area (Å²) in [5.74, 6) is -0.119. The SMILES string of the molecule is Cc1cc(C)n(CC(=O)NC2CCc3ccc(S(=O)(=O)NC4CCCC4)cc32)n1. The molecule has 7 nitrogen and oxygen atoms in total. The molecular formula is C21H28N4O3S. The van der Waals surface area contributed by atoms with Crippen LogP contribution < -0.4 is 10.0 Å². The first kappa shape index (κ1) is 20.1. The Kier molecular flexibility index (Phi) is 5.48. The normalized spacial score (nSPS) is 19.4. The number of carbonyl (C=O) groups excluding carboxylic acids is 1. The fraction of sp³-hybridized carbons (Fsp3) is 0.524. The number of hydrogen-bond acceptors (Lipinski definition) is 4. The van der Waals surface area contributed by atoms with Crippen LogP contribution in [-0.2, 0) is 27.8 Å². The Morgan fingerprint density at radius 1 is 1.17 bits per heavy atom. The number of hydrogen-bond donors (Lipinski definition) is 2. The largest absolute Gasteiger partial charge is 0.348 e. The van der Waals surface area contributed by atoms with Crippen molar-refractivity contribution in [1.82, 2.24) is 19.8 Å². The van der Waals surface area contributed by atoms with Crippen molar-refractivity contribution in [2.24, 2.45) is 0 Å². The highest BCUT2D eigenvalue weighted by Gasteiger charge is 2.28. The fourth-order valence-corrected chi connectivity index (χ4v) is 5.78. The monoisotopic (exact) mass is 416 g/mol. The van der Waals surface area contributed by atoms with Crippen molar-refractivity contribution >= 4 is 15.9 Å². The minimum absolute atomic E-state index is 0.0320. The maximum Gasteiger partial charge on any atom is 0.242 e. The molecule has 0 spiro atoms. The standard InChI is InChI=1S/C21H28N4O3S/c1-14-11-15(2)25(23-14)13-21(26)22-20-10-8-16-7-9-18(12-19(16)20)29(27,28)24-17-5-3-4-6-17/h7,9,11-12,17,20,24H,3-6,8,10,13H2,1-2H3,(H,22,26). The van der Waals surface area contributed by atoms with Gasteiger partial charge in [-0.3, -0.25) is 9.48 Å². The molecule has 1 aromatic heterocycles. The number of nitrogens with zero attached hydrogens (tertiary/aromatic N) is 2. The van der Waals surface area contributed by atoms with Crippen LogP contribution >= 0.6 is 0 Å². The number of amides is 1. The van der Waals surface area contributed by atoms with Crippen LogP contribution in [0, 0.1) is 13.8 Å². The van der Waals surface area contributed by atoms with Gasteiger partial charge in [0.1, 0.15) is 6.54 Å². The van der Waals surface area contributed by atoms with Gasteiger partial charge >= 0.3 is 0 Å². The van der Waals surface area contributed by atoms with E-state index in [0.717, 1.165) is 61.0 Å². The van der Waals surface area contributed by atoms with E-state index < -0.39 is 10.0 Å². The Morgan fingerprint density at radius 2 is 1.93 bits per heavy atom. The molecule has 29 heavy (non-hydrogen) atoms. The number of rotatable bonds is 6. The Morgan fingerprint density at radius 3 is 2.62 bits per heavy atom. The fourth-order valence-electron chi connectivity index (χ4n) is 4.44. The number of sulfonamides is 1. The van der Waals surface area contributed by atoms with Crippen molar-refractivity contribution in [3.63, 3.8) is 0 Å². The average molecular weight is 417 g/mol. The number of fused-ring (bicyclic) bond motifs is 1. The van der Waals surface area contributed by atoms with E-state index in [1.807, 2.05) is 26.0 Å². The lowest BCUT2D eigenvalue weighted by atomic mass is 10.1. The van der Waals surface area contributed by atoms with Crippen LogP contribution in [0.1, 0.15) is 60.7 Å². The molecule has 1 saturated carbocycles. The van der Waals surface area contributed by atoms with Gasteiger partial charge in [-0.1, -0.05) is 18.9 Å². The van der Waals surface area contributed by atoms with Crippen molar-refractivity contribution < 1.29 is 13.2 Å². The molecule has 0 bridgehead atoms. The molecule has 1 heterocycles. The molecule has 2 aliphatic rings. The van der Waals surface area contributed by atoms with E-state index in [0.29, 0.717) is 0 Å². The van der Waals surface area contributed by atoms with Gasteiger partial charge in [-0.15, -0.1) is 0 Å². The Labute approximate surface area is 171 Å². The third-order valence-corrected chi connectivity index (χ3v) is 7.43. The zero-order valence-corrected chi connectivity index (χ0v) is 17.8. The number of carbonyl (C=O) groups is 1. The molecular weight excluding hydrogens is 388 g/mol. The first-order chi connectivity index (χ1) is 13.8. The lowest BCUT2D eigenvalue weighted by Crippen LogP contribution is -2.33. The van der Waals surface area contributed by atoms with Crippen LogP contribution in [0.25, 0.3) is 0 Å². The predicted molar refractivity (Wildman–Crippen MR) is 110 cm³/mol. The highest BCUT2D eigenvalue weighted by molar-refractivity contribution is 7.89. The van der Waals surface area contributed by atoms with E-state index in [-0.39, 0.29) is 29.4 Å². The molecule has 2 aliphatic carbocycles. The summed E-state index contributed by atoms with van der Waals surface area (Å²) in [7, 11) is -3.55. The first-order valence-corrected chi connectivity index (χ1v) is 11.8. The third kappa shape index (κ3) is 4.38. The quantitative estimate of drug-likeness (QED) is 0.757. The smallest absolute Gasteiger partial charge is 0.242 e. The van der Waals surface area contributed by atoms with Gasteiger partial charge in [0.25, 0.3) is 0 Å². The summed E-state index contributed by atoms with van der Waals surface area (Å²) in [4.78, 5) is 12.8. The molecule has 1 fully saturated rings. The minimum Gasteiger partial charge on any atom is -0.348 e. The lowest BCUT2D eigenvalue weighted by Gasteiger charge is -2.17. The average Bonchev–Trinajstić information content (AvgIpc) is 3.37. The molecule has 0 aliphatic heterocycles. The molecule has 4 rings (SSSR count). The molecule has 1 aromatic carbocycles. The van der Waals surface area contributed by atoms with Crippen molar-refractivity contribution in [1.29, 1.82) is 0 Å².